The molecule has 1 aliphatic heterocycles. The molecule has 7 rings (SSSR count). The van der Waals surface area contributed by atoms with Crippen molar-refractivity contribution in [2.45, 2.75) is 38.5 Å². The smallest absolute Gasteiger partial charge is 0.348 e. The van der Waals surface area contributed by atoms with Crippen molar-refractivity contribution in [2.75, 3.05) is 12.4 Å². The Morgan fingerprint density at radius 3 is 2.28 bits per heavy atom. The number of carbonyl (C=O) groups is 3. The van der Waals surface area contributed by atoms with E-state index in [1.807, 2.05) is 0 Å². The Bertz CT molecular complexity index is 1230. The van der Waals surface area contributed by atoms with E-state index in [0.717, 1.165) is 38.5 Å². The van der Waals surface area contributed by atoms with Gasteiger partial charge >= 0.3 is 17.9 Å². The summed E-state index contributed by atoms with van der Waals surface area (Å²) in [7, 11) is -4.33. The standard InChI is InChI=1S/C21H20O10S/c22-18(28-1-2-32(25,26)27)12-13-15-16(30-19(13)23)17(14(12)29-15)31-20(24)21-6-9-3-10(7-21)5-11(4-9)8-21/h9-11H,1-8H2,(H,25,26,27). The zero-order valence-electron chi connectivity index (χ0n) is 16.9. The first-order chi connectivity index (χ1) is 15.1. The zero-order valence-corrected chi connectivity index (χ0v) is 17.7. The van der Waals surface area contributed by atoms with Crippen molar-refractivity contribution < 1.29 is 46.0 Å². The van der Waals surface area contributed by atoms with E-state index in [1.54, 1.807) is 0 Å². The van der Waals surface area contributed by atoms with Crippen LogP contribution in [0.4, 0.5) is 0 Å². The second-order valence-electron chi connectivity index (χ2n) is 9.57. The van der Waals surface area contributed by atoms with Gasteiger partial charge < -0.3 is 18.6 Å². The molecular formula is C21H20O10S. The van der Waals surface area contributed by atoms with Gasteiger partial charge in [-0.1, -0.05) is 0 Å². The molecule has 32 heavy (non-hydrogen) atoms. The monoisotopic (exact) mass is 464 g/mol. The number of fused-ring (bicyclic) bond motifs is 1. The maximum Gasteiger partial charge on any atom is 0.348 e. The van der Waals surface area contributed by atoms with Gasteiger partial charge in [0.2, 0.25) is 11.5 Å². The highest BCUT2D eigenvalue weighted by Crippen LogP contribution is 2.61. The normalized spacial score (nSPS) is 30.2. The highest BCUT2D eigenvalue weighted by molar-refractivity contribution is 7.85. The van der Waals surface area contributed by atoms with E-state index in [9.17, 15) is 22.8 Å². The molecule has 0 saturated heterocycles. The van der Waals surface area contributed by atoms with Crippen LogP contribution >= 0.6 is 0 Å². The van der Waals surface area contributed by atoms with E-state index in [2.05, 4.69) is 0 Å². The van der Waals surface area contributed by atoms with Crippen molar-refractivity contribution in [3.05, 3.63) is 11.1 Å². The van der Waals surface area contributed by atoms with E-state index in [0.29, 0.717) is 17.8 Å². The van der Waals surface area contributed by atoms with Crippen LogP contribution in [0.1, 0.15) is 59.2 Å². The van der Waals surface area contributed by atoms with Crippen LogP contribution in [0.5, 0.6) is 11.5 Å². The van der Waals surface area contributed by atoms with E-state index < -0.39 is 45.8 Å². The number of hydrogen-bond donors (Lipinski definition) is 1. The van der Waals surface area contributed by atoms with Crippen LogP contribution in [-0.2, 0) is 19.6 Å². The fourth-order valence-corrected chi connectivity index (χ4v) is 6.84. The Morgan fingerprint density at radius 2 is 1.69 bits per heavy atom. The minimum Gasteiger partial charge on any atom is -0.461 e. The van der Waals surface area contributed by atoms with Gasteiger partial charge in [0.1, 0.15) is 23.5 Å². The predicted octanol–water partition coefficient (Wildman–Crippen LogP) is 2.57. The van der Waals surface area contributed by atoms with E-state index >= 15 is 0 Å². The topological polar surface area (TPSA) is 146 Å². The second-order valence-corrected chi connectivity index (χ2v) is 11.1. The van der Waals surface area contributed by atoms with Gasteiger partial charge in [-0.25, -0.2) is 9.59 Å². The summed E-state index contributed by atoms with van der Waals surface area (Å²) in [5.74, 6) is -1.64. The lowest BCUT2D eigenvalue weighted by atomic mass is 9.49. The first kappa shape index (κ1) is 20.0. The molecule has 0 atom stereocenters. The predicted molar refractivity (Wildman–Crippen MR) is 105 cm³/mol. The average Bonchev–Trinajstić information content (AvgIpc) is 3.29. The molecule has 4 fully saturated rings. The Hall–Kier alpha value is -2.66. The minimum atomic E-state index is -4.33. The summed E-state index contributed by atoms with van der Waals surface area (Å²) < 4.78 is 51.9. The van der Waals surface area contributed by atoms with Gasteiger partial charge in [0.05, 0.1) is 5.41 Å². The van der Waals surface area contributed by atoms with Gasteiger partial charge in [0, 0.05) is 0 Å². The molecule has 11 heteroatoms. The van der Waals surface area contributed by atoms with Crippen molar-refractivity contribution >= 4 is 39.2 Å². The molecule has 6 bridgehead atoms. The molecule has 0 radical (unpaired) electrons. The van der Waals surface area contributed by atoms with Crippen LogP contribution < -0.4 is 9.47 Å². The molecule has 0 unspecified atom stereocenters. The number of ether oxygens (including phenoxy) is 3. The Kier molecular flexibility index (Phi) is 4.02. The fraction of sp³-hybridized carbons (Fsp3) is 0.571. The number of hydrogen-bond acceptors (Lipinski definition) is 9. The van der Waals surface area contributed by atoms with Gasteiger partial charge in [-0.2, -0.15) is 8.42 Å². The van der Waals surface area contributed by atoms with Crippen molar-refractivity contribution in [1.29, 1.82) is 0 Å². The van der Waals surface area contributed by atoms with Crippen molar-refractivity contribution in [2.24, 2.45) is 23.2 Å². The Balaban J connectivity index is 1.29. The zero-order chi connectivity index (χ0) is 22.4. The minimum absolute atomic E-state index is 0.0000387. The molecule has 1 N–H and O–H groups in total. The van der Waals surface area contributed by atoms with Crippen molar-refractivity contribution in [3.63, 3.8) is 0 Å². The van der Waals surface area contributed by atoms with Crippen LogP contribution in [0.2, 0.25) is 0 Å². The van der Waals surface area contributed by atoms with Crippen LogP contribution in [0.3, 0.4) is 0 Å². The molecule has 0 spiro atoms. The lowest BCUT2D eigenvalue weighted by molar-refractivity contribution is -0.161. The third-order valence-corrected chi connectivity index (χ3v) is 8.05. The van der Waals surface area contributed by atoms with Crippen LogP contribution in [-0.4, -0.2) is 43.2 Å². The molecule has 2 aromatic heterocycles. The van der Waals surface area contributed by atoms with Crippen molar-refractivity contribution in [3.8, 4) is 11.5 Å². The summed E-state index contributed by atoms with van der Waals surface area (Å²) in [5.41, 5.74) is -1.11. The molecule has 2 aromatic rings. The van der Waals surface area contributed by atoms with Gasteiger partial charge in [-0.05, 0) is 56.3 Å². The number of carbonyl (C=O) groups excluding carboxylic acids is 3. The van der Waals surface area contributed by atoms with Gasteiger partial charge in [-0.3, -0.25) is 9.35 Å². The first-order valence-corrected chi connectivity index (χ1v) is 12.2. The largest absolute Gasteiger partial charge is 0.461 e. The van der Waals surface area contributed by atoms with E-state index in [4.69, 9.17) is 23.2 Å². The maximum atomic E-state index is 13.3. The number of furan rings is 2. The maximum absolute atomic E-state index is 13.3. The summed E-state index contributed by atoms with van der Waals surface area (Å²) >= 11 is 0. The molecule has 10 nitrogen and oxygen atoms in total. The number of benzene rings is 1. The van der Waals surface area contributed by atoms with Crippen LogP contribution in [0.15, 0.2) is 4.42 Å². The SMILES string of the molecule is O=C1Oc2c(OC(=O)C34CC5CC(CC(C5)C3)C4)c3oc2c1c3C(=O)OCCS(=O)(=O)O. The van der Waals surface area contributed by atoms with E-state index in [1.165, 1.54) is 0 Å². The molecule has 0 amide bonds. The Morgan fingerprint density at radius 1 is 1.06 bits per heavy atom. The van der Waals surface area contributed by atoms with E-state index in [-0.39, 0.29) is 33.8 Å². The molecule has 4 aliphatic carbocycles. The van der Waals surface area contributed by atoms with Gasteiger partial charge in [0.25, 0.3) is 10.1 Å². The van der Waals surface area contributed by atoms with Crippen LogP contribution in [0.25, 0.3) is 11.2 Å². The average molecular weight is 464 g/mol. The summed E-state index contributed by atoms with van der Waals surface area (Å²) in [6, 6.07) is 0. The summed E-state index contributed by atoms with van der Waals surface area (Å²) in [4.78, 5) is 38.2. The van der Waals surface area contributed by atoms with Crippen LogP contribution in [0, 0.1) is 23.2 Å². The lowest BCUT2D eigenvalue weighted by Gasteiger charge is -2.55. The molecule has 4 saturated carbocycles. The third kappa shape index (κ3) is 2.87. The van der Waals surface area contributed by atoms with Crippen molar-refractivity contribution in [1.82, 2.24) is 0 Å². The summed E-state index contributed by atoms with van der Waals surface area (Å²) in [5, 5.41) is 0. The second kappa shape index (κ2) is 6.44. The number of esters is 3. The summed E-state index contributed by atoms with van der Waals surface area (Å²) in [6.45, 7) is -0.620. The van der Waals surface area contributed by atoms with Gasteiger partial charge in [0.15, 0.2) is 11.2 Å². The molecular weight excluding hydrogens is 444 g/mol. The molecule has 5 aliphatic rings. The number of rotatable bonds is 6. The van der Waals surface area contributed by atoms with Gasteiger partial charge in [-0.15, -0.1) is 0 Å². The molecule has 3 heterocycles. The third-order valence-electron chi connectivity index (χ3n) is 7.37. The molecule has 170 valence electrons. The quantitative estimate of drug-likeness (QED) is 0.384. The fourth-order valence-electron chi connectivity index (χ4n) is 6.55. The highest BCUT2D eigenvalue weighted by atomic mass is 32.2. The molecule has 0 aromatic carbocycles. The lowest BCUT2D eigenvalue weighted by Crippen LogP contribution is -2.51. The highest BCUT2D eigenvalue weighted by Gasteiger charge is 2.56. The first-order valence-electron chi connectivity index (χ1n) is 10.6. The Labute approximate surface area is 182 Å². The summed E-state index contributed by atoms with van der Waals surface area (Å²) in [6.07, 6.45) is 5.79.